The fraction of sp³-hybridized carbons (Fsp3) is 0.294. The lowest BCUT2D eigenvalue weighted by molar-refractivity contribution is -0.385. The van der Waals surface area contributed by atoms with Crippen molar-refractivity contribution >= 4 is 27.5 Å². The molecule has 1 aromatic heterocycles. The molecule has 0 N–H and O–H groups in total. The van der Waals surface area contributed by atoms with E-state index in [0.717, 1.165) is 32.9 Å². The van der Waals surface area contributed by atoms with Crippen LogP contribution in [0.1, 0.15) is 31.0 Å². The van der Waals surface area contributed by atoms with Crippen molar-refractivity contribution in [1.82, 2.24) is 4.57 Å². The van der Waals surface area contributed by atoms with E-state index >= 15 is 0 Å². The highest BCUT2D eigenvalue weighted by Gasteiger charge is 2.22. The Kier molecular flexibility index (Phi) is 2.97. The van der Waals surface area contributed by atoms with Crippen molar-refractivity contribution < 1.29 is 4.92 Å². The molecule has 0 aliphatic rings. The summed E-state index contributed by atoms with van der Waals surface area (Å²) in [7, 11) is 0. The van der Waals surface area contributed by atoms with Gasteiger partial charge in [-0.25, -0.2) is 0 Å². The maximum absolute atomic E-state index is 11.4. The number of nitro benzene ring substituents is 1. The third kappa shape index (κ3) is 1.82. The number of para-hydroxylation sites is 1. The van der Waals surface area contributed by atoms with Gasteiger partial charge in [0.15, 0.2) is 0 Å². The third-order valence-electron chi connectivity index (χ3n) is 4.10. The van der Waals surface area contributed by atoms with E-state index in [-0.39, 0.29) is 10.6 Å². The lowest BCUT2D eigenvalue weighted by Crippen LogP contribution is -2.01. The zero-order valence-electron chi connectivity index (χ0n) is 12.7. The second-order valence-electron chi connectivity index (χ2n) is 5.80. The van der Waals surface area contributed by atoms with Crippen LogP contribution in [-0.2, 0) is 0 Å². The van der Waals surface area contributed by atoms with Gasteiger partial charge in [0.1, 0.15) is 0 Å². The quantitative estimate of drug-likeness (QED) is 0.495. The van der Waals surface area contributed by atoms with Crippen LogP contribution in [0, 0.1) is 24.0 Å². The SMILES string of the molecule is Cc1cc2c(c(C)c1[N+](=O)[O-])c1ccccc1n2C(C)C. The van der Waals surface area contributed by atoms with Gasteiger partial charge in [-0.3, -0.25) is 10.1 Å². The number of hydrogen-bond acceptors (Lipinski definition) is 2. The first-order valence-electron chi connectivity index (χ1n) is 7.10. The van der Waals surface area contributed by atoms with Crippen LogP contribution in [0.5, 0.6) is 0 Å². The maximum Gasteiger partial charge on any atom is 0.275 e. The van der Waals surface area contributed by atoms with Crippen LogP contribution < -0.4 is 0 Å². The number of fused-ring (bicyclic) bond motifs is 3. The van der Waals surface area contributed by atoms with Crippen molar-refractivity contribution in [2.75, 3.05) is 0 Å². The minimum absolute atomic E-state index is 0.231. The molecule has 108 valence electrons. The van der Waals surface area contributed by atoms with E-state index in [4.69, 9.17) is 0 Å². The fourth-order valence-corrected chi connectivity index (χ4v) is 3.34. The number of benzene rings is 2. The van der Waals surface area contributed by atoms with Crippen molar-refractivity contribution in [3.8, 4) is 0 Å². The van der Waals surface area contributed by atoms with Crippen molar-refractivity contribution in [1.29, 1.82) is 0 Å². The molecule has 0 amide bonds. The van der Waals surface area contributed by atoms with E-state index in [1.807, 2.05) is 38.1 Å². The minimum atomic E-state index is -0.272. The molecule has 0 unspecified atom stereocenters. The minimum Gasteiger partial charge on any atom is -0.338 e. The van der Waals surface area contributed by atoms with Gasteiger partial charge < -0.3 is 4.57 Å². The Morgan fingerprint density at radius 2 is 1.81 bits per heavy atom. The zero-order chi connectivity index (χ0) is 15.3. The summed E-state index contributed by atoms with van der Waals surface area (Å²) in [6, 6.07) is 10.4. The summed E-state index contributed by atoms with van der Waals surface area (Å²) < 4.78 is 2.26. The third-order valence-corrected chi connectivity index (χ3v) is 4.10. The van der Waals surface area contributed by atoms with Crippen LogP contribution in [0.25, 0.3) is 21.8 Å². The van der Waals surface area contributed by atoms with Gasteiger partial charge in [-0.1, -0.05) is 18.2 Å². The Morgan fingerprint density at radius 3 is 2.43 bits per heavy atom. The molecule has 0 atom stereocenters. The van der Waals surface area contributed by atoms with Crippen LogP contribution in [0.3, 0.4) is 0 Å². The Labute approximate surface area is 123 Å². The normalized spacial score (nSPS) is 11.7. The van der Waals surface area contributed by atoms with E-state index in [9.17, 15) is 10.1 Å². The molecule has 1 heterocycles. The molecule has 0 saturated carbocycles. The van der Waals surface area contributed by atoms with Gasteiger partial charge in [-0.2, -0.15) is 0 Å². The molecule has 0 spiro atoms. The smallest absolute Gasteiger partial charge is 0.275 e. The predicted molar refractivity (Wildman–Crippen MR) is 86.0 cm³/mol. The second-order valence-corrected chi connectivity index (χ2v) is 5.80. The van der Waals surface area contributed by atoms with Gasteiger partial charge in [0.2, 0.25) is 0 Å². The standard InChI is InChI=1S/C17H18N2O2/c1-10(2)18-14-8-6-5-7-13(14)16-12(4)17(19(20)21)11(3)9-15(16)18/h5-10H,1-4H3. The molecule has 0 radical (unpaired) electrons. The van der Waals surface area contributed by atoms with Gasteiger partial charge in [0, 0.05) is 33.5 Å². The fourth-order valence-electron chi connectivity index (χ4n) is 3.34. The van der Waals surface area contributed by atoms with Gasteiger partial charge in [-0.05, 0) is 39.8 Å². The zero-order valence-corrected chi connectivity index (χ0v) is 12.7. The predicted octanol–water partition coefficient (Wildman–Crippen LogP) is 4.90. The molecule has 4 nitrogen and oxygen atoms in total. The Hall–Kier alpha value is -2.36. The molecule has 0 aliphatic heterocycles. The number of rotatable bonds is 2. The highest BCUT2D eigenvalue weighted by atomic mass is 16.6. The number of hydrogen-bond donors (Lipinski definition) is 0. The molecular formula is C17H18N2O2. The van der Waals surface area contributed by atoms with Crippen molar-refractivity contribution in [3.63, 3.8) is 0 Å². The van der Waals surface area contributed by atoms with Crippen LogP contribution in [-0.4, -0.2) is 9.49 Å². The van der Waals surface area contributed by atoms with Crippen LogP contribution >= 0.6 is 0 Å². The summed E-state index contributed by atoms with van der Waals surface area (Å²) in [5.41, 5.74) is 3.91. The summed E-state index contributed by atoms with van der Waals surface area (Å²) >= 11 is 0. The number of nitro groups is 1. The molecule has 0 saturated heterocycles. The molecule has 0 bridgehead atoms. The largest absolute Gasteiger partial charge is 0.338 e. The molecule has 4 heteroatoms. The number of aromatic nitrogens is 1. The van der Waals surface area contributed by atoms with Gasteiger partial charge >= 0.3 is 0 Å². The summed E-state index contributed by atoms with van der Waals surface area (Å²) in [6.45, 7) is 7.94. The number of aryl methyl sites for hydroxylation is 2. The van der Waals surface area contributed by atoms with E-state index in [1.54, 1.807) is 0 Å². The average molecular weight is 282 g/mol. The van der Waals surface area contributed by atoms with E-state index in [2.05, 4.69) is 24.5 Å². The summed E-state index contributed by atoms with van der Waals surface area (Å²) in [4.78, 5) is 11.1. The lowest BCUT2D eigenvalue weighted by Gasteiger charge is -2.12. The molecule has 2 aromatic carbocycles. The van der Waals surface area contributed by atoms with E-state index < -0.39 is 0 Å². The molecular weight excluding hydrogens is 264 g/mol. The number of nitrogens with zero attached hydrogens (tertiary/aromatic N) is 2. The lowest BCUT2D eigenvalue weighted by atomic mass is 10.0. The molecule has 0 aliphatic carbocycles. The van der Waals surface area contributed by atoms with Crippen LogP contribution in [0.15, 0.2) is 30.3 Å². The molecule has 0 fully saturated rings. The topological polar surface area (TPSA) is 48.1 Å². The van der Waals surface area contributed by atoms with Gasteiger partial charge in [0.25, 0.3) is 5.69 Å². The first-order chi connectivity index (χ1) is 9.93. The highest BCUT2D eigenvalue weighted by Crippen LogP contribution is 2.38. The molecule has 21 heavy (non-hydrogen) atoms. The van der Waals surface area contributed by atoms with E-state index in [0.29, 0.717) is 6.04 Å². The monoisotopic (exact) mass is 282 g/mol. The first kappa shape index (κ1) is 13.6. The van der Waals surface area contributed by atoms with Crippen molar-refractivity contribution in [2.24, 2.45) is 0 Å². The Balaban J connectivity index is 2.61. The summed E-state index contributed by atoms with van der Waals surface area (Å²) in [5.74, 6) is 0. The second kappa shape index (κ2) is 4.58. The first-order valence-corrected chi connectivity index (χ1v) is 7.10. The van der Waals surface area contributed by atoms with E-state index in [1.165, 1.54) is 0 Å². The summed E-state index contributed by atoms with van der Waals surface area (Å²) in [5, 5.41) is 13.4. The Bertz CT molecular complexity index is 875. The Morgan fingerprint density at radius 1 is 1.14 bits per heavy atom. The summed E-state index contributed by atoms with van der Waals surface area (Å²) in [6.07, 6.45) is 0. The highest BCUT2D eigenvalue weighted by molar-refractivity contribution is 6.11. The van der Waals surface area contributed by atoms with Gasteiger partial charge in [0.05, 0.1) is 10.4 Å². The van der Waals surface area contributed by atoms with Gasteiger partial charge in [-0.15, -0.1) is 0 Å². The molecule has 3 aromatic rings. The van der Waals surface area contributed by atoms with Crippen LogP contribution in [0.4, 0.5) is 5.69 Å². The van der Waals surface area contributed by atoms with Crippen molar-refractivity contribution in [2.45, 2.75) is 33.7 Å². The molecule has 3 rings (SSSR count). The van der Waals surface area contributed by atoms with Crippen LogP contribution in [0.2, 0.25) is 0 Å². The van der Waals surface area contributed by atoms with Crippen molar-refractivity contribution in [3.05, 3.63) is 51.6 Å². The average Bonchev–Trinajstić information content (AvgIpc) is 2.71. The maximum atomic E-state index is 11.4.